The van der Waals surface area contributed by atoms with E-state index >= 15 is 0 Å². The van der Waals surface area contributed by atoms with E-state index in [1.165, 1.54) is 24.4 Å². The minimum Gasteiger partial charge on any atom is -0.505 e. The van der Waals surface area contributed by atoms with Crippen LogP contribution in [-0.4, -0.2) is 26.9 Å². The van der Waals surface area contributed by atoms with Gasteiger partial charge in [0.15, 0.2) is 17.0 Å². The summed E-state index contributed by atoms with van der Waals surface area (Å²) in [6, 6.07) is 4.72. The van der Waals surface area contributed by atoms with E-state index in [0.29, 0.717) is 5.69 Å². The van der Waals surface area contributed by atoms with Gasteiger partial charge in [-0.05, 0) is 36.8 Å². The molecule has 2 saturated carbocycles. The minimum atomic E-state index is -2.95. The lowest BCUT2D eigenvalue weighted by Gasteiger charge is -2.26. The van der Waals surface area contributed by atoms with Crippen LogP contribution in [0.4, 0.5) is 17.6 Å². The molecule has 0 aliphatic heterocycles. The fraction of sp³-hybridized carbons (Fsp3) is 0.348. The van der Waals surface area contributed by atoms with Crippen molar-refractivity contribution in [2.24, 2.45) is 17.6 Å². The molecule has 1 amide bonds. The number of amides is 1. The average molecular weight is 461 g/mol. The molecule has 0 bridgehead atoms. The van der Waals surface area contributed by atoms with Crippen LogP contribution in [0.3, 0.4) is 0 Å². The van der Waals surface area contributed by atoms with E-state index in [1.807, 2.05) is 0 Å². The molecule has 0 radical (unpaired) electrons. The van der Waals surface area contributed by atoms with Crippen molar-refractivity contribution < 1.29 is 27.5 Å². The number of benzene rings is 1. The molecule has 1 aromatic carbocycles. The summed E-state index contributed by atoms with van der Waals surface area (Å²) in [5, 5.41) is 10.3. The van der Waals surface area contributed by atoms with Gasteiger partial charge in [-0.2, -0.15) is 4.39 Å². The second-order valence-corrected chi connectivity index (χ2v) is 8.77. The SMILES string of the molecule is NC(=O)c1nccc2[nH]c([C@@H]3C[C@@H]4[C@@H](CCC4(F)F)[C@H]3c3ccc(F)c(F)c3O)cc(=O)c12. The number of alkyl halides is 2. The molecule has 2 heterocycles. The van der Waals surface area contributed by atoms with Gasteiger partial charge in [-0.15, -0.1) is 0 Å². The molecule has 3 aromatic rings. The molecule has 2 aliphatic rings. The molecule has 172 valence electrons. The van der Waals surface area contributed by atoms with Crippen LogP contribution in [0.25, 0.3) is 10.9 Å². The van der Waals surface area contributed by atoms with Crippen LogP contribution in [0.2, 0.25) is 0 Å². The molecule has 2 aromatic heterocycles. The van der Waals surface area contributed by atoms with E-state index in [-0.39, 0.29) is 41.4 Å². The van der Waals surface area contributed by atoms with Gasteiger partial charge in [-0.25, -0.2) is 13.2 Å². The first-order chi connectivity index (χ1) is 15.6. The highest BCUT2D eigenvalue weighted by atomic mass is 19.3. The van der Waals surface area contributed by atoms with Crippen molar-refractivity contribution in [3.8, 4) is 5.75 Å². The quantitative estimate of drug-likeness (QED) is 0.514. The van der Waals surface area contributed by atoms with E-state index < -0.39 is 58.3 Å². The van der Waals surface area contributed by atoms with Crippen molar-refractivity contribution >= 4 is 16.8 Å². The number of hydrogen-bond donors (Lipinski definition) is 3. The van der Waals surface area contributed by atoms with Gasteiger partial charge in [0.05, 0.1) is 10.9 Å². The third-order valence-corrected chi connectivity index (χ3v) is 7.13. The molecule has 4 N–H and O–H groups in total. The number of halogens is 4. The number of primary amides is 1. The predicted molar refractivity (Wildman–Crippen MR) is 110 cm³/mol. The third kappa shape index (κ3) is 3.19. The first-order valence-corrected chi connectivity index (χ1v) is 10.5. The maximum absolute atomic E-state index is 14.7. The van der Waals surface area contributed by atoms with Gasteiger partial charge in [0.25, 0.3) is 11.8 Å². The van der Waals surface area contributed by atoms with Crippen LogP contribution >= 0.6 is 0 Å². The van der Waals surface area contributed by atoms with Gasteiger partial charge in [-0.1, -0.05) is 6.07 Å². The Bertz CT molecular complexity index is 1360. The second-order valence-electron chi connectivity index (χ2n) is 8.77. The second kappa shape index (κ2) is 7.29. The number of phenolic OH excluding ortho intramolecular Hbond substituents is 1. The molecule has 0 unspecified atom stereocenters. The summed E-state index contributed by atoms with van der Waals surface area (Å²) in [5.74, 6) is -10.6. The summed E-state index contributed by atoms with van der Waals surface area (Å²) in [6.07, 6.45) is 1.08. The number of carbonyl (C=O) groups is 1. The number of rotatable bonds is 3. The number of H-pyrrole nitrogens is 1. The van der Waals surface area contributed by atoms with Gasteiger partial charge in [0.2, 0.25) is 5.82 Å². The third-order valence-electron chi connectivity index (χ3n) is 7.13. The number of nitrogens with two attached hydrogens (primary N) is 1. The largest absolute Gasteiger partial charge is 0.505 e. The number of hydrogen-bond acceptors (Lipinski definition) is 4. The molecular formula is C23H19F4N3O3. The zero-order valence-corrected chi connectivity index (χ0v) is 17.1. The Morgan fingerprint density at radius 3 is 2.73 bits per heavy atom. The Balaban J connectivity index is 1.69. The molecule has 2 fully saturated rings. The monoisotopic (exact) mass is 461 g/mol. The lowest BCUT2D eigenvalue weighted by atomic mass is 9.80. The molecular weight excluding hydrogens is 442 g/mol. The predicted octanol–water partition coefficient (Wildman–Crippen LogP) is 3.94. The van der Waals surface area contributed by atoms with E-state index in [9.17, 15) is 32.3 Å². The summed E-state index contributed by atoms with van der Waals surface area (Å²) in [6.45, 7) is 0. The van der Waals surface area contributed by atoms with Crippen molar-refractivity contribution in [1.82, 2.24) is 9.97 Å². The topological polar surface area (TPSA) is 109 Å². The van der Waals surface area contributed by atoms with Gasteiger partial charge in [0, 0.05) is 41.8 Å². The Kier molecular flexibility index (Phi) is 4.73. The van der Waals surface area contributed by atoms with Crippen LogP contribution in [0.1, 0.15) is 52.8 Å². The number of fused-ring (bicyclic) bond motifs is 2. The van der Waals surface area contributed by atoms with Gasteiger partial charge >= 0.3 is 0 Å². The zero-order valence-electron chi connectivity index (χ0n) is 17.1. The van der Waals surface area contributed by atoms with Crippen molar-refractivity contribution in [1.29, 1.82) is 0 Å². The van der Waals surface area contributed by atoms with E-state index in [4.69, 9.17) is 5.73 Å². The fourth-order valence-electron chi connectivity index (χ4n) is 5.75. The fourth-order valence-corrected chi connectivity index (χ4v) is 5.75. The van der Waals surface area contributed by atoms with E-state index in [0.717, 1.165) is 6.07 Å². The van der Waals surface area contributed by atoms with Crippen molar-refractivity contribution in [3.63, 3.8) is 0 Å². The van der Waals surface area contributed by atoms with E-state index in [2.05, 4.69) is 9.97 Å². The Labute approximate surface area is 184 Å². The Morgan fingerprint density at radius 1 is 1.24 bits per heavy atom. The smallest absolute Gasteiger partial charge is 0.268 e. The number of nitrogens with zero attached hydrogens (tertiary/aromatic N) is 1. The number of aromatic hydroxyl groups is 1. The highest BCUT2D eigenvalue weighted by Gasteiger charge is 2.59. The molecule has 5 rings (SSSR count). The van der Waals surface area contributed by atoms with Crippen LogP contribution in [0.5, 0.6) is 5.75 Å². The molecule has 6 nitrogen and oxygen atoms in total. The van der Waals surface area contributed by atoms with Crippen LogP contribution in [-0.2, 0) is 0 Å². The van der Waals surface area contributed by atoms with Gasteiger partial charge in [-0.3, -0.25) is 14.6 Å². The molecule has 0 spiro atoms. The first kappa shape index (κ1) is 21.4. The number of pyridine rings is 2. The summed E-state index contributed by atoms with van der Waals surface area (Å²) in [4.78, 5) is 31.4. The summed E-state index contributed by atoms with van der Waals surface area (Å²) in [7, 11) is 0. The van der Waals surface area contributed by atoms with Crippen molar-refractivity contribution in [3.05, 3.63) is 69.3 Å². The number of aromatic nitrogens is 2. The molecule has 2 aliphatic carbocycles. The molecule has 10 heteroatoms. The number of nitrogens with one attached hydrogen (secondary N) is 1. The average Bonchev–Trinajstić information content (AvgIpc) is 3.29. The highest BCUT2D eigenvalue weighted by molar-refractivity contribution is 6.03. The summed E-state index contributed by atoms with van der Waals surface area (Å²) >= 11 is 0. The summed E-state index contributed by atoms with van der Waals surface area (Å²) in [5.41, 5.74) is 5.09. The molecule has 4 atom stereocenters. The normalized spacial score (nSPS) is 25.9. The Morgan fingerprint density at radius 2 is 2.00 bits per heavy atom. The lowest BCUT2D eigenvalue weighted by molar-refractivity contribution is -0.0415. The van der Waals surface area contributed by atoms with Crippen LogP contribution in [0, 0.1) is 23.5 Å². The standard InChI is InChI=1S/C23H19F4N3O3/c24-13-2-1-10(21(32)19(13)25)17-9-3-5-23(26,27)12(9)7-11(17)15-8-16(31)18-14(30-15)4-6-29-20(18)22(28)33/h1-2,4,6,8-9,11-12,17,32H,3,5,7H2,(H2,28,33)(H,30,31)/t9-,11+,12-,17+/m1/s1. The van der Waals surface area contributed by atoms with Gasteiger partial charge in [0.1, 0.15) is 5.69 Å². The first-order valence-electron chi connectivity index (χ1n) is 10.5. The van der Waals surface area contributed by atoms with Crippen molar-refractivity contribution in [2.75, 3.05) is 0 Å². The maximum atomic E-state index is 14.7. The summed E-state index contributed by atoms with van der Waals surface area (Å²) < 4.78 is 57.2. The zero-order chi connectivity index (χ0) is 23.7. The lowest BCUT2D eigenvalue weighted by Crippen LogP contribution is -2.23. The van der Waals surface area contributed by atoms with Crippen LogP contribution < -0.4 is 11.2 Å². The molecule has 33 heavy (non-hydrogen) atoms. The maximum Gasteiger partial charge on any atom is 0.268 e. The molecule has 0 saturated heterocycles. The van der Waals surface area contributed by atoms with Gasteiger partial charge < -0.3 is 15.8 Å². The number of carbonyl (C=O) groups excluding carboxylic acids is 1. The number of phenols is 1. The van der Waals surface area contributed by atoms with Crippen LogP contribution in [0.15, 0.2) is 35.3 Å². The Hall–Kier alpha value is -3.43. The minimum absolute atomic E-state index is 0.0179. The number of aromatic amines is 1. The van der Waals surface area contributed by atoms with E-state index in [1.54, 1.807) is 0 Å². The highest BCUT2D eigenvalue weighted by Crippen LogP contribution is 2.63. The van der Waals surface area contributed by atoms with Crippen molar-refractivity contribution in [2.45, 2.75) is 37.0 Å².